The lowest BCUT2D eigenvalue weighted by Gasteiger charge is -2.68. The molecule has 10 heteroatoms. The molecule has 0 spiro atoms. The normalized spacial score (nSPS) is 33.0. The Hall–Kier alpha value is -1.84. The Morgan fingerprint density at radius 2 is 2.00 bits per heavy atom. The van der Waals surface area contributed by atoms with Gasteiger partial charge in [0.05, 0.1) is 17.6 Å². The van der Waals surface area contributed by atoms with Gasteiger partial charge in [-0.05, 0) is 31.4 Å². The number of carbonyl (C=O) groups excluding carboxylic acids is 1. The van der Waals surface area contributed by atoms with Crippen LogP contribution in [0.3, 0.4) is 0 Å². The van der Waals surface area contributed by atoms with E-state index in [1.807, 2.05) is 6.07 Å². The summed E-state index contributed by atoms with van der Waals surface area (Å²) in [6, 6.07) is 5.31. The van der Waals surface area contributed by atoms with Gasteiger partial charge in [-0.2, -0.15) is 0 Å². The molecule has 1 aromatic heterocycles. The molecule has 0 radical (unpaired) electrons. The molecule has 2 bridgehead atoms. The molecule has 1 amide bonds. The quantitative estimate of drug-likeness (QED) is 0.753. The molecular weight excluding hydrogens is 413 g/mol. The molecule has 0 unspecified atom stereocenters. The second-order valence-electron chi connectivity index (χ2n) is 8.36. The van der Waals surface area contributed by atoms with Crippen LogP contribution in [0, 0.1) is 0 Å². The summed E-state index contributed by atoms with van der Waals surface area (Å²) < 4.78 is 51.4. The Bertz CT molecular complexity index is 950. The Morgan fingerprint density at radius 3 is 2.69 bits per heavy atom. The molecule has 0 aliphatic heterocycles. The van der Waals surface area contributed by atoms with Crippen molar-refractivity contribution in [3.8, 4) is 0 Å². The van der Waals surface area contributed by atoms with Crippen LogP contribution in [0.15, 0.2) is 22.6 Å². The number of hydrogen-bond donors (Lipinski definition) is 1. The number of benzene rings is 1. The highest BCUT2D eigenvalue weighted by Gasteiger charge is 2.71. The van der Waals surface area contributed by atoms with Gasteiger partial charge in [-0.3, -0.25) is 9.53 Å². The molecular formula is C19H18ClF3N2O4. The number of rotatable bonds is 6. The number of nitrogens with zero attached hydrogens (tertiary/aromatic N) is 1. The fourth-order valence-corrected chi connectivity index (χ4v) is 4.90. The lowest BCUT2D eigenvalue weighted by atomic mass is 9.39. The van der Waals surface area contributed by atoms with E-state index in [1.54, 1.807) is 12.1 Å². The lowest BCUT2D eigenvalue weighted by Crippen LogP contribution is -2.77. The zero-order valence-electron chi connectivity index (χ0n) is 15.2. The van der Waals surface area contributed by atoms with Crippen molar-refractivity contribution in [3.05, 3.63) is 29.1 Å². The van der Waals surface area contributed by atoms with Gasteiger partial charge in [0, 0.05) is 29.5 Å². The lowest BCUT2D eigenvalue weighted by molar-refractivity contribution is -0.357. The van der Waals surface area contributed by atoms with Crippen molar-refractivity contribution >= 4 is 28.6 Å². The van der Waals surface area contributed by atoms with Gasteiger partial charge in [0.1, 0.15) is 12.1 Å². The van der Waals surface area contributed by atoms with E-state index in [9.17, 15) is 18.0 Å². The third-order valence-corrected chi connectivity index (χ3v) is 6.28. The first-order valence-electron chi connectivity index (χ1n) is 9.38. The fraction of sp³-hybridized carbons (Fsp3) is 0.579. The van der Waals surface area contributed by atoms with Gasteiger partial charge in [-0.1, -0.05) is 11.6 Å². The van der Waals surface area contributed by atoms with Crippen LogP contribution in [0.4, 0.5) is 13.2 Å². The number of hydrogen-bond acceptors (Lipinski definition) is 5. The molecule has 4 saturated carbocycles. The Labute approximate surface area is 168 Å². The minimum absolute atomic E-state index is 0.142. The van der Waals surface area contributed by atoms with Crippen LogP contribution in [-0.4, -0.2) is 41.6 Å². The third kappa shape index (κ3) is 3.49. The van der Waals surface area contributed by atoms with Gasteiger partial charge < -0.3 is 14.5 Å². The summed E-state index contributed by atoms with van der Waals surface area (Å²) in [6.07, 6.45) is -3.36. The minimum Gasteiger partial charge on any atom is -0.440 e. The van der Waals surface area contributed by atoms with Gasteiger partial charge in [-0.25, -0.2) is 4.98 Å². The number of halogens is 4. The zero-order valence-corrected chi connectivity index (χ0v) is 16.0. The number of oxazole rings is 1. The second-order valence-corrected chi connectivity index (χ2v) is 8.80. The average molecular weight is 431 g/mol. The number of carbonyl (C=O) groups is 1. The maximum Gasteiger partial charge on any atom is 0.522 e. The molecule has 2 aromatic rings. The first-order chi connectivity index (χ1) is 13.6. The summed E-state index contributed by atoms with van der Waals surface area (Å²) >= 11 is 5.98. The molecule has 0 atom stereocenters. The van der Waals surface area contributed by atoms with Gasteiger partial charge >= 0.3 is 6.36 Å². The van der Waals surface area contributed by atoms with Crippen molar-refractivity contribution in [1.29, 1.82) is 0 Å². The van der Waals surface area contributed by atoms with Crippen LogP contribution in [0.2, 0.25) is 5.02 Å². The standard InChI is InChI=1S/C19H18ClF3N2O4/c20-10-1-2-13-14(3-10)28-16(24-13)17-7-18(8-17,9-17)25-15(26)6-27-11-4-12(5-11)29-19(21,22)23/h1-3,11-12H,4-9H2,(H,25,26)/t11-,12+,17?,18?. The van der Waals surface area contributed by atoms with Crippen LogP contribution >= 0.6 is 11.6 Å². The van der Waals surface area contributed by atoms with Crippen molar-refractivity contribution < 1.29 is 31.9 Å². The highest BCUT2D eigenvalue weighted by molar-refractivity contribution is 6.31. The summed E-state index contributed by atoms with van der Waals surface area (Å²) in [5.74, 6) is 0.412. The van der Waals surface area contributed by atoms with E-state index in [2.05, 4.69) is 15.0 Å². The SMILES string of the molecule is O=C(CO[C@H]1C[C@@H](OC(F)(F)F)C1)NC12CC(c3nc4ccc(Cl)cc4o3)(C1)C2. The number of alkyl halides is 3. The molecule has 1 N–H and O–H groups in total. The summed E-state index contributed by atoms with van der Waals surface area (Å²) in [5, 5.41) is 3.57. The smallest absolute Gasteiger partial charge is 0.440 e. The minimum atomic E-state index is -4.63. The Kier molecular flexibility index (Phi) is 4.18. The van der Waals surface area contributed by atoms with Crippen LogP contribution in [0.1, 0.15) is 38.0 Å². The third-order valence-electron chi connectivity index (χ3n) is 6.04. The first kappa shape index (κ1) is 19.1. The monoisotopic (exact) mass is 430 g/mol. The van der Waals surface area contributed by atoms with Crippen molar-refractivity contribution in [2.75, 3.05) is 6.61 Å². The van der Waals surface area contributed by atoms with E-state index < -0.39 is 12.5 Å². The first-order valence-corrected chi connectivity index (χ1v) is 9.75. The van der Waals surface area contributed by atoms with E-state index in [4.69, 9.17) is 20.8 Å². The maximum atomic E-state index is 12.1. The van der Waals surface area contributed by atoms with Crippen LogP contribution in [-0.2, 0) is 19.7 Å². The summed E-state index contributed by atoms with van der Waals surface area (Å²) in [7, 11) is 0. The van der Waals surface area contributed by atoms with E-state index in [-0.39, 0.29) is 42.4 Å². The molecule has 0 saturated heterocycles. The van der Waals surface area contributed by atoms with E-state index in [1.165, 1.54) is 0 Å². The number of fused-ring (bicyclic) bond motifs is 1. The molecule has 6 nitrogen and oxygen atoms in total. The summed E-state index contributed by atoms with van der Waals surface area (Å²) in [4.78, 5) is 16.7. The number of ether oxygens (including phenoxy) is 2. The van der Waals surface area contributed by atoms with E-state index in [0.29, 0.717) is 16.5 Å². The Morgan fingerprint density at radius 1 is 1.28 bits per heavy atom. The Balaban J connectivity index is 1.08. The van der Waals surface area contributed by atoms with Crippen molar-refractivity contribution in [2.45, 2.75) is 61.6 Å². The van der Waals surface area contributed by atoms with Crippen molar-refractivity contribution in [2.24, 2.45) is 0 Å². The molecule has 6 rings (SSSR count). The highest BCUT2D eigenvalue weighted by Crippen LogP contribution is 2.67. The van der Waals surface area contributed by atoms with Gasteiger partial charge in [0.25, 0.3) is 0 Å². The number of aromatic nitrogens is 1. The van der Waals surface area contributed by atoms with Crippen LogP contribution < -0.4 is 5.32 Å². The molecule has 4 aliphatic rings. The predicted octanol–water partition coefficient (Wildman–Crippen LogP) is 3.86. The summed E-state index contributed by atoms with van der Waals surface area (Å²) in [6.45, 7) is -0.167. The molecule has 156 valence electrons. The average Bonchev–Trinajstić information content (AvgIpc) is 2.93. The van der Waals surface area contributed by atoms with Gasteiger partial charge in [0.15, 0.2) is 5.58 Å². The van der Waals surface area contributed by atoms with E-state index in [0.717, 1.165) is 24.8 Å². The molecule has 1 aromatic carbocycles. The molecule has 29 heavy (non-hydrogen) atoms. The highest BCUT2D eigenvalue weighted by atomic mass is 35.5. The molecule has 1 heterocycles. The largest absolute Gasteiger partial charge is 0.522 e. The van der Waals surface area contributed by atoms with Crippen molar-refractivity contribution in [1.82, 2.24) is 10.3 Å². The molecule has 4 fully saturated rings. The molecule has 4 aliphatic carbocycles. The summed E-state index contributed by atoms with van der Waals surface area (Å²) in [5.41, 5.74) is 1.00. The van der Waals surface area contributed by atoms with Gasteiger partial charge in [0.2, 0.25) is 11.8 Å². The maximum absolute atomic E-state index is 12.1. The topological polar surface area (TPSA) is 73.6 Å². The fourth-order valence-electron chi connectivity index (χ4n) is 4.74. The van der Waals surface area contributed by atoms with E-state index >= 15 is 0 Å². The number of nitrogens with one attached hydrogen (secondary N) is 1. The van der Waals surface area contributed by atoms with Crippen LogP contribution in [0.5, 0.6) is 0 Å². The van der Waals surface area contributed by atoms with Crippen LogP contribution in [0.25, 0.3) is 11.1 Å². The second kappa shape index (κ2) is 6.33. The predicted molar refractivity (Wildman–Crippen MR) is 95.3 cm³/mol. The van der Waals surface area contributed by atoms with Gasteiger partial charge in [-0.15, -0.1) is 13.2 Å². The van der Waals surface area contributed by atoms with Crippen molar-refractivity contribution in [3.63, 3.8) is 0 Å². The zero-order chi connectivity index (χ0) is 20.4. The number of amides is 1.